The van der Waals surface area contributed by atoms with Crippen molar-refractivity contribution >= 4 is 68.7 Å². The van der Waals surface area contributed by atoms with Crippen molar-refractivity contribution in [3.63, 3.8) is 0 Å². The standard InChI is InChI=1S/C25H17BrCl2N2O4/c1-14-3-2-4-15(9-14)13-34-22-20(27)11-16(12-21(22)28)10-19-23(31)29-25(33)30(24(19)32)18-7-5-17(26)6-8-18/h2-12H,13H2,1H3,(H,29,31,33)/b19-10+. The smallest absolute Gasteiger partial charge is 0.335 e. The van der Waals surface area contributed by atoms with Gasteiger partial charge < -0.3 is 4.74 Å². The number of nitrogens with zero attached hydrogens (tertiary/aromatic N) is 1. The number of barbiturate groups is 1. The lowest BCUT2D eigenvalue weighted by Gasteiger charge is -2.26. The summed E-state index contributed by atoms with van der Waals surface area (Å²) in [5.41, 5.74) is 2.55. The van der Waals surface area contributed by atoms with Crippen molar-refractivity contribution < 1.29 is 19.1 Å². The number of hydrogen-bond acceptors (Lipinski definition) is 4. The number of nitrogens with one attached hydrogen (secondary N) is 1. The summed E-state index contributed by atoms with van der Waals surface area (Å²) < 4.78 is 6.59. The molecule has 0 atom stereocenters. The number of amides is 4. The zero-order chi connectivity index (χ0) is 24.4. The largest absolute Gasteiger partial charge is 0.486 e. The summed E-state index contributed by atoms with van der Waals surface area (Å²) in [5, 5.41) is 2.62. The number of urea groups is 1. The van der Waals surface area contributed by atoms with Crippen LogP contribution in [0.25, 0.3) is 6.08 Å². The van der Waals surface area contributed by atoms with E-state index in [2.05, 4.69) is 21.2 Å². The summed E-state index contributed by atoms with van der Waals surface area (Å²) in [4.78, 5) is 38.7. The van der Waals surface area contributed by atoms with Crippen molar-refractivity contribution in [1.29, 1.82) is 0 Å². The molecule has 34 heavy (non-hydrogen) atoms. The molecule has 1 saturated heterocycles. The average Bonchev–Trinajstić information content (AvgIpc) is 2.77. The first-order valence-corrected chi connectivity index (χ1v) is 11.6. The Morgan fingerprint density at radius 1 is 1.00 bits per heavy atom. The molecule has 0 spiro atoms. The molecule has 0 bridgehead atoms. The molecule has 6 nitrogen and oxygen atoms in total. The van der Waals surface area contributed by atoms with Gasteiger partial charge in [0.05, 0.1) is 15.7 Å². The molecule has 4 amide bonds. The number of anilines is 1. The molecule has 0 saturated carbocycles. The first-order valence-electron chi connectivity index (χ1n) is 10.1. The molecule has 0 radical (unpaired) electrons. The van der Waals surface area contributed by atoms with Gasteiger partial charge in [0.25, 0.3) is 11.8 Å². The third-order valence-corrected chi connectivity index (χ3v) is 6.07. The molecule has 0 unspecified atom stereocenters. The number of hydrogen-bond donors (Lipinski definition) is 1. The molecule has 0 aromatic heterocycles. The fourth-order valence-corrected chi connectivity index (χ4v) is 4.28. The van der Waals surface area contributed by atoms with Crippen LogP contribution in [-0.4, -0.2) is 17.8 Å². The molecule has 172 valence electrons. The molecule has 3 aromatic rings. The minimum Gasteiger partial charge on any atom is -0.486 e. The summed E-state index contributed by atoms with van der Waals surface area (Å²) in [6, 6.07) is 16.6. The molecule has 0 aliphatic carbocycles. The molecular weight excluding hydrogens is 543 g/mol. The normalized spacial score (nSPS) is 15.0. The van der Waals surface area contributed by atoms with Crippen molar-refractivity contribution in [2.45, 2.75) is 13.5 Å². The van der Waals surface area contributed by atoms with E-state index in [0.717, 1.165) is 20.5 Å². The number of halogens is 3. The van der Waals surface area contributed by atoms with Gasteiger partial charge in [-0.1, -0.05) is 69.0 Å². The zero-order valence-corrected chi connectivity index (χ0v) is 20.9. The predicted molar refractivity (Wildman–Crippen MR) is 135 cm³/mol. The quantitative estimate of drug-likeness (QED) is 0.293. The van der Waals surface area contributed by atoms with Gasteiger partial charge in [-0.2, -0.15) is 0 Å². The Hall–Kier alpha value is -3.13. The summed E-state index contributed by atoms with van der Waals surface area (Å²) in [6.45, 7) is 2.26. The van der Waals surface area contributed by atoms with E-state index in [4.69, 9.17) is 27.9 Å². The Kier molecular flexibility index (Phi) is 7.07. The second-order valence-corrected chi connectivity index (χ2v) is 9.26. The van der Waals surface area contributed by atoms with Crippen LogP contribution in [0, 0.1) is 6.92 Å². The van der Waals surface area contributed by atoms with Gasteiger partial charge in [-0.3, -0.25) is 14.9 Å². The van der Waals surface area contributed by atoms with Gasteiger partial charge in [-0.15, -0.1) is 0 Å². The molecule has 1 N–H and O–H groups in total. The van der Waals surface area contributed by atoms with Crippen molar-refractivity contribution in [3.8, 4) is 5.75 Å². The van der Waals surface area contributed by atoms with E-state index in [1.54, 1.807) is 24.3 Å². The minimum absolute atomic E-state index is 0.219. The van der Waals surface area contributed by atoms with Crippen LogP contribution in [0.5, 0.6) is 5.75 Å². The minimum atomic E-state index is -0.828. The highest BCUT2D eigenvalue weighted by molar-refractivity contribution is 9.10. The van der Waals surface area contributed by atoms with Gasteiger partial charge in [0.2, 0.25) is 0 Å². The molecule has 3 aromatic carbocycles. The zero-order valence-electron chi connectivity index (χ0n) is 17.8. The maximum atomic E-state index is 13.0. The van der Waals surface area contributed by atoms with Crippen LogP contribution in [0.2, 0.25) is 10.0 Å². The lowest BCUT2D eigenvalue weighted by Crippen LogP contribution is -2.54. The third-order valence-electron chi connectivity index (χ3n) is 4.98. The lowest BCUT2D eigenvalue weighted by atomic mass is 10.1. The number of ether oxygens (including phenoxy) is 1. The van der Waals surface area contributed by atoms with E-state index in [1.807, 2.05) is 31.2 Å². The summed E-state index contributed by atoms with van der Waals surface area (Å²) in [7, 11) is 0. The van der Waals surface area contributed by atoms with Crippen LogP contribution in [0.1, 0.15) is 16.7 Å². The highest BCUT2D eigenvalue weighted by Gasteiger charge is 2.36. The Morgan fingerprint density at radius 2 is 1.68 bits per heavy atom. The number of imide groups is 2. The van der Waals surface area contributed by atoms with E-state index < -0.39 is 17.8 Å². The predicted octanol–water partition coefficient (Wildman–Crippen LogP) is 6.31. The number of carbonyl (C=O) groups excluding carboxylic acids is 3. The molecule has 1 aliphatic heterocycles. The van der Waals surface area contributed by atoms with Gasteiger partial charge in [0.15, 0.2) is 5.75 Å². The number of aryl methyl sites for hydroxylation is 1. The van der Waals surface area contributed by atoms with Gasteiger partial charge in [0.1, 0.15) is 12.2 Å². The lowest BCUT2D eigenvalue weighted by molar-refractivity contribution is -0.122. The summed E-state index contributed by atoms with van der Waals surface area (Å²) in [5.74, 6) is -1.28. The van der Waals surface area contributed by atoms with Crippen LogP contribution >= 0.6 is 39.1 Å². The maximum absolute atomic E-state index is 13.0. The molecule has 9 heteroatoms. The van der Waals surface area contributed by atoms with Gasteiger partial charge in [-0.25, -0.2) is 9.69 Å². The monoisotopic (exact) mass is 558 g/mol. The van der Waals surface area contributed by atoms with Crippen LogP contribution in [-0.2, 0) is 16.2 Å². The highest BCUT2D eigenvalue weighted by atomic mass is 79.9. The van der Waals surface area contributed by atoms with Gasteiger partial charge in [-0.05, 0) is 60.5 Å². The Bertz CT molecular complexity index is 1320. The highest BCUT2D eigenvalue weighted by Crippen LogP contribution is 2.36. The SMILES string of the molecule is Cc1cccc(COc2c(Cl)cc(/C=C3\C(=O)NC(=O)N(c4ccc(Br)cc4)C3=O)cc2Cl)c1. The maximum Gasteiger partial charge on any atom is 0.335 e. The summed E-state index contributed by atoms with van der Waals surface area (Å²) in [6.07, 6.45) is 1.33. The van der Waals surface area contributed by atoms with Crippen LogP contribution in [0.15, 0.2) is 70.7 Å². The fourth-order valence-electron chi connectivity index (χ4n) is 3.41. The molecule has 1 heterocycles. The van der Waals surface area contributed by atoms with E-state index in [1.165, 1.54) is 18.2 Å². The molecule has 1 aliphatic rings. The van der Waals surface area contributed by atoms with Crippen LogP contribution in [0.3, 0.4) is 0 Å². The van der Waals surface area contributed by atoms with Crippen molar-refractivity contribution in [3.05, 3.63) is 97.4 Å². The first kappa shape index (κ1) is 24.0. The van der Waals surface area contributed by atoms with E-state index >= 15 is 0 Å². The Balaban J connectivity index is 1.60. The van der Waals surface area contributed by atoms with E-state index in [9.17, 15) is 14.4 Å². The molecule has 4 rings (SSSR count). The Labute approximate surface area is 214 Å². The van der Waals surface area contributed by atoms with Gasteiger partial charge >= 0.3 is 6.03 Å². The van der Waals surface area contributed by atoms with Crippen molar-refractivity contribution in [2.75, 3.05) is 4.90 Å². The number of benzene rings is 3. The van der Waals surface area contributed by atoms with E-state index in [0.29, 0.717) is 11.3 Å². The van der Waals surface area contributed by atoms with Crippen LogP contribution < -0.4 is 15.0 Å². The topological polar surface area (TPSA) is 75.7 Å². The molecular formula is C25H17BrCl2N2O4. The number of carbonyl (C=O) groups is 3. The summed E-state index contributed by atoms with van der Waals surface area (Å²) >= 11 is 16.1. The third kappa shape index (κ3) is 5.17. The average molecular weight is 560 g/mol. The van der Waals surface area contributed by atoms with Crippen LogP contribution in [0.4, 0.5) is 10.5 Å². The first-order chi connectivity index (χ1) is 16.2. The fraction of sp³-hybridized carbons (Fsp3) is 0.0800. The van der Waals surface area contributed by atoms with Gasteiger partial charge in [0, 0.05) is 4.47 Å². The van der Waals surface area contributed by atoms with Crippen molar-refractivity contribution in [1.82, 2.24) is 5.32 Å². The second kappa shape index (κ2) is 10.0. The number of rotatable bonds is 5. The van der Waals surface area contributed by atoms with Crippen molar-refractivity contribution in [2.24, 2.45) is 0 Å². The molecule has 1 fully saturated rings. The second-order valence-electron chi connectivity index (χ2n) is 7.53. The van der Waals surface area contributed by atoms with E-state index in [-0.39, 0.29) is 28.0 Å². The Morgan fingerprint density at radius 3 is 2.32 bits per heavy atom.